The molecule has 4 rings (SSSR count). The number of carbonyl (C=O) groups is 1. The lowest BCUT2D eigenvalue weighted by atomic mass is 10.0. The van der Waals surface area contributed by atoms with Gasteiger partial charge < -0.3 is 9.64 Å². The molecule has 27 heavy (non-hydrogen) atoms. The molecule has 1 aliphatic rings. The van der Waals surface area contributed by atoms with Crippen LogP contribution in [0.1, 0.15) is 21.1 Å². The Balaban J connectivity index is 1.68. The zero-order valence-corrected chi connectivity index (χ0v) is 15.5. The number of fused-ring (bicyclic) bond motifs is 3. The molecule has 1 N–H and O–H groups in total. The Morgan fingerprint density at radius 3 is 3.11 bits per heavy atom. The fourth-order valence-corrected chi connectivity index (χ4v) is 4.04. The van der Waals surface area contributed by atoms with Gasteiger partial charge in [0.25, 0.3) is 5.91 Å². The van der Waals surface area contributed by atoms with Gasteiger partial charge in [0.05, 0.1) is 31.0 Å². The lowest BCUT2D eigenvalue weighted by Gasteiger charge is -2.13. The molecule has 1 aromatic carbocycles. The zero-order valence-electron chi connectivity index (χ0n) is 14.7. The van der Waals surface area contributed by atoms with Crippen molar-refractivity contribution in [2.75, 3.05) is 20.2 Å². The van der Waals surface area contributed by atoms with E-state index in [1.807, 2.05) is 24.4 Å². The molecule has 0 spiro atoms. The summed E-state index contributed by atoms with van der Waals surface area (Å²) >= 11 is 1.40. The molecule has 3 heterocycles. The third kappa shape index (κ3) is 3.29. The maximum Gasteiger partial charge on any atom is 0.282 e. The molecule has 1 amide bonds. The van der Waals surface area contributed by atoms with Crippen molar-refractivity contribution in [2.24, 2.45) is 0 Å². The van der Waals surface area contributed by atoms with Crippen LogP contribution in [0.3, 0.4) is 0 Å². The van der Waals surface area contributed by atoms with E-state index in [-0.39, 0.29) is 5.91 Å². The number of hydrogen-bond donors (Lipinski definition) is 1. The maximum absolute atomic E-state index is 12.6. The first-order chi connectivity index (χ1) is 13.2. The lowest BCUT2D eigenvalue weighted by molar-refractivity contribution is 0.0797. The summed E-state index contributed by atoms with van der Waals surface area (Å²) in [6.07, 6.45) is 4.61. The Hall–Kier alpha value is -3.18. The summed E-state index contributed by atoms with van der Waals surface area (Å²) in [4.78, 5) is 19.8. The number of nitriles is 1. The van der Waals surface area contributed by atoms with Crippen molar-refractivity contribution in [2.45, 2.75) is 12.8 Å². The van der Waals surface area contributed by atoms with Crippen LogP contribution in [-0.4, -0.2) is 46.2 Å². The summed E-state index contributed by atoms with van der Waals surface area (Å²) in [7, 11) is 1.69. The molecule has 0 fully saturated rings. The monoisotopic (exact) mass is 379 g/mol. The second kappa shape index (κ2) is 7.21. The Morgan fingerprint density at radius 2 is 2.33 bits per heavy atom. The molecule has 0 radical (unpaired) electrons. The molecule has 7 nitrogen and oxygen atoms in total. The van der Waals surface area contributed by atoms with Gasteiger partial charge in [-0.05, 0) is 17.7 Å². The number of nitrogens with zero attached hydrogens (tertiary/aromatic N) is 4. The molecular weight excluding hydrogens is 362 g/mol. The zero-order chi connectivity index (χ0) is 18.8. The summed E-state index contributed by atoms with van der Waals surface area (Å²) in [5.41, 5.74) is 3.70. The highest BCUT2D eigenvalue weighted by molar-refractivity contribution is 7.14. The average Bonchev–Trinajstić information content (AvgIpc) is 3.33. The number of benzene rings is 1. The maximum atomic E-state index is 12.6. The van der Waals surface area contributed by atoms with E-state index in [0.717, 1.165) is 33.0 Å². The lowest BCUT2D eigenvalue weighted by Crippen LogP contribution is -2.27. The number of nitrogens with one attached hydrogen (secondary N) is 1. The van der Waals surface area contributed by atoms with Gasteiger partial charge in [-0.25, -0.2) is 4.98 Å². The van der Waals surface area contributed by atoms with Crippen molar-refractivity contribution in [3.63, 3.8) is 0 Å². The van der Waals surface area contributed by atoms with E-state index in [1.165, 1.54) is 11.3 Å². The van der Waals surface area contributed by atoms with Crippen molar-refractivity contribution in [1.29, 1.82) is 5.26 Å². The van der Waals surface area contributed by atoms with Crippen LogP contribution in [0.5, 0.6) is 5.75 Å². The number of thiazole rings is 1. The molecular formula is C19H17N5O2S. The number of ether oxygens (including phenoxy) is 1. The van der Waals surface area contributed by atoms with Gasteiger partial charge in [0, 0.05) is 42.2 Å². The van der Waals surface area contributed by atoms with E-state index in [0.29, 0.717) is 31.0 Å². The molecule has 0 saturated heterocycles. The molecule has 136 valence electrons. The van der Waals surface area contributed by atoms with Crippen LogP contribution in [0, 0.1) is 11.3 Å². The normalized spacial score (nSPS) is 12.3. The number of H-pyrrole nitrogens is 1. The third-order valence-corrected chi connectivity index (χ3v) is 5.54. The van der Waals surface area contributed by atoms with Gasteiger partial charge >= 0.3 is 0 Å². The molecule has 2 aromatic heterocycles. The van der Waals surface area contributed by atoms with Gasteiger partial charge in [-0.15, -0.1) is 11.3 Å². The quantitative estimate of drug-likeness (QED) is 0.751. The summed E-state index contributed by atoms with van der Waals surface area (Å²) < 4.78 is 5.93. The Labute approximate surface area is 160 Å². The third-order valence-electron chi connectivity index (χ3n) is 4.44. The van der Waals surface area contributed by atoms with Crippen LogP contribution < -0.4 is 4.74 Å². The first-order valence-electron chi connectivity index (χ1n) is 8.56. The summed E-state index contributed by atoms with van der Waals surface area (Å²) in [6, 6.07) is 8.02. The first kappa shape index (κ1) is 17.2. The van der Waals surface area contributed by atoms with Crippen LogP contribution in [0.4, 0.5) is 0 Å². The molecule has 0 unspecified atom stereocenters. The average molecular weight is 379 g/mol. The fourth-order valence-electron chi connectivity index (χ4n) is 2.99. The van der Waals surface area contributed by atoms with E-state index in [1.54, 1.807) is 18.1 Å². The van der Waals surface area contributed by atoms with Gasteiger partial charge in [-0.3, -0.25) is 9.89 Å². The molecule has 0 atom stereocenters. The molecule has 0 saturated carbocycles. The minimum atomic E-state index is -0.152. The van der Waals surface area contributed by atoms with Gasteiger partial charge in [0.1, 0.15) is 5.75 Å². The van der Waals surface area contributed by atoms with Crippen LogP contribution in [-0.2, 0) is 6.42 Å². The van der Waals surface area contributed by atoms with Crippen molar-refractivity contribution in [3.8, 4) is 34.2 Å². The predicted molar refractivity (Wildman–Crippen MR) is 102 cm³/mol. The smallest absolute Gasteiger partial charge is 0.282 e. The second-order valence-corrected chi connectivity index (χ2v) is 7.31. The van der Waals surface area contributed by atoms with Crippen molar-refractivity contribution >= 4 is 17.2 Å². The molecule has 8 heteroatoms. The number of amides is 1. The second-order valence-electron chi connectivity index (χ2n) is 6.22. The van der Waals surface area contributed by atoms with Crippen LogP contribution in [0.25, 0.3) is 22.4 Å². The van der Waals surface area contributed by atoms with Gasteiger partial charge in [-0.2, -0.15) is 10.4 Å². The number of carbonyl (C=O) groups excluding carboxylic acids is 1. The standard InChI is InChI=1S/C19H17N5O2S/c1-24(7-2-6-20)19(25)18-23-17-14-4-3-12(13-10-21-22-11-13)9-15(14)26-8-5-16(17)27-18/h3-4,9-11H,2,5,7-8H2,1H3,(H,21,22). The number of aromatic nitrogens is 3. The molecule has 0 aliphatic carbocycles. The van der Waals surface area contributed by atoms with E-state index in [9.17, 15) is 4.79 Å². The van der Waals surface area contributed by atoms with Crippen LogP contribution >= 0.6 is 11.3 Å². The summed E-state index contributed by atoms with van der Waals surface area (Å²) in [5, 5.41) is 16.0. The molecule has 0 bridgehead atoms. The van der Waals surface area contributed by atoms with E-state index >= 15 is 0 Å². The van der Waals surface area contributed by atoms with Crippen molar-refractivity contribution in [3.05, 3.63) is 40.5 Å². The molecule has 1 aliphatic heterocycles. The van der Waals surface area contributed by atoms with E-state index < -0.39 is 0 Å². The SMILES string of the molecule is CN(CCC#N)C(=O)c1nc2c(s1)CCOc1cc(-c3cn[nH]c3)ccc1-2. The summed E-state index contributed by atoms with van der Waals surface area (Å²) in [5.74, 6) is 0.607. The predicted octanol–water partition coefficient (Wildman–Crippen LogP) is 3.12. The highest BCUT2D eigenvalue weighted by atomic mass is 32.1. The van der Waals surface area contributed by atoms with Crippen molar-refractivity contribution in [1.82, 2.24) is 20.1 Å². The fraction of sp³-hybridized carbons (Fsp3) is 0.263. The minimum absolute atomic E-state index is 0.152. The van der Waals surface area contributed by atoms with E-state index in [4.69, 9.17) is 10.00 Å². The molecule has 3 aromatic rings. The van der Waals surface area contributed by atoms with Crippen molar-refractivity contribution < 1.29 is 9.53 Å². The van der Waals surface area contributed by atoms with Crippen LogP contribution in [0.2, 0.25) is 0 Å². The van der Waals surface area contributed by atoms with Gasteiger partial charge in [-0.1, -0.05) is 6.07 Å². The first-order valence-corrected chi connectivity index (χ1v) is 9.37. The topological polar surface area (TPSA) is 94.9 Å². The summed E-state index contributed by atoms with van der Waals surface area (Å²) in [6.45, 7) is 0.933. The van der Waals surface area contributed by atoms with E-state index in [2.05, 4.69) is 21.3 Å². The number of hydrogen-bond acceptors (Lipinski definition) is 6. The van der Waals surface area contributed by atoms with Crippen LogP contribution in [0.15, 0.2) is 30.6 Å². The Kier molecular flexibility index (Phi) is 4.60. The Bertz CT molecular complexity index is 1020. The number of aromatic amines is 1. The minimum Gasteiger partial charge on any atom is -0.492 e. The van der Waals surface area contributed by atoms with Gasteiger partial charge in [0.15, 0.2) is 5.01 Å². The number of rotatable bonds is 4. The largest absolute Gasteiger partial charge is 0.492 e. The highest BCUT2D eigenvalue weighted by Crippen LogP contribution is 2.39. The Morgan fingerprint density at radius 1 is 1.44 bits per heavy atom. The van der Waals surface area contributed by atoms with Gasteiger partial charge in [0.2, 0.25) is 0 Å². The highest BCUT2D eigenvalue weighted by Gasteiger charge is 2.24.